The van der Waals surface area contributed by atoms with E-state index < -0.39 is 0 Å². The van der Waals surface area contributed by atoms with Crippen LogP contribution in [0, 0.1) is 0 Å². The summed E-state index contributed by atoms with van der Waals surface area (Å²) in [6.07, 6.45) is 14.5. The number of ether oxygens (including phenoxy) is 1. The van der Waals surface area contributed by atoms with Crippen molar-refractivity contribution in [3.05, 3.63) is 0 Å². The Balaban J connectivity index is 3.21. The fourth-order valence-corrected chi connectivity index (χ4v) is 2.45. The fourth-order valence-electron chi connectivity index (χ4n) is 2.45. The molecule has 0 aliphatic rings. The van der Waals surface area contributed by atoms with Gasteiger partial charge in [0, 0.05) is 6.42 Å². The van der Waals surface area contributed by atoms with E-state index in [4.69, 9.17) is 4.74 Å². The van der Waals surface area contributed by atoms with Crippen molar-refractivity contribution < 1.29 is 14.3 Å². The number of hydrogen-bond donors (Lipinski definition) is 0. The smallest absolute Gasteiger partial charge is 0.313 e. The molecule has 0 aliphatic heterocycles. The van der Waals surface area contributed by atoms with Gasteiger partial charge in [-0.05, 0) is 13.3 Å². The van der Waals surface area contributed by atoms with Gasteiger partial charge in [0.1, 0.15) is 12.2 Å². The summed E-state index contributed by atoms with van der Waals surface area (Å²) in [6.45, 7) is 4.36. The van der Waals surface area contributed by atoms with E-state index in [1.165, 1.54) is 57.8 Å². The minimum atomic E-state index is -0.384. The number of ketones is 1. The summed E-state index contributed by atoms with van der Waals surface area (Å²) in [5, 5.41) is 0. The van der Waals surface area contributed by atoms with E-state index in [0.29, 0.717) is 13.0 Å². The van der Waals surface area contributed by atoms with E-state index in [-0.39, 0.29) is 18.2 Å². The summed E-state index contributed by atoms with van der Waals surface area (Å²) in [7, 11) is 0. The van der Waals surface area contributed by atoms with Crippen LogP contribution in [0.1, 0.15) is 97.3 Å². The average Bonchev–Trinajstić information content (AvgIpc) is 2.45. The van der Waals surface area contributed by atoms with E-state index in [9.17, 15) is 9.59 Å². The summed E-state index contributed by atoms with van der Waals surface area (Å²) in [5.74, 6) is -0.366. The molecular weight excluding hydrogens is 264 g/mol. The van der Waals surface area contributed by atoms with E-state index in [1.54, 1.807) is 6.92 Å². The third-order valence-corrected chi connectivity index (χ3v) is 3.71. The van der Waals surface area contributed by atoms with Crippen LogP contribution in [0.3, 0.4) is 0 Å². The van der Waals surface area contributed by atoms with Crippen molar-refractivity contribution >= 4 is 11.8 Å². The molecule has 0 atom stereocenters. The Labute approximate surface area is 130 Å². The van der Waals surface area contributed by atoms with E-state index >= 15 is 0 Å². The van der Waals surface area contributed by atoms with Crippen molar-refractivity contribution in [2.24, 2.45) is 0 Å². The highest BCUT2D eigenvalue weighted by Gasteiger charge is 2.09. The lowest BCUT2D eigenvalue weighted by atomic mass is 10.0. The van der Waals surface area contributed by atoms with Crippen molar-refractivity contribution in [1.82, 2.24) is 0 Å². The van der Waals surface area contributed by atoms with Crippen LogP contribution in [0.25, 0.3) is 0 Å². The molecule has 0 radical (unpaired) electrons. The third-order valence-electron chi connectivity index (χ3n) is 3.71. The summed E-state index contributed by atoms with van der Waals surface area (Å²) in [5.41, 5.74) is 0. The van der Waals surface area contributed by atoms with Gasteiger partial charge in [-0.1, -0.05) is 71.1 Å². The largest absolute Gasteiger partial charge is 0.466 e. The first-order chi connectivity index (χ1) is 10.2. The maximum Gasteiger partial charge on any atom is 0.313 e. The Kier molecular flexibility index (Phi) is 14.9. The van der Waals surface area contributed by atoms with Crippen molar-refractivity contribution in [1.29, 1.82) is 0 Å². The molecule has 0 saturated heterocycles. The number of rotatable bonds is 15. The molecule has 0 fully saturated rings. The van der Waals surface area contributed by atoms with Gasteiger partial charge in [-0.15, -0.1) is 0 Å². The van der Waals surface area contributed by atoms with E-state index in [0.717, 1.165) is 12.8 Å². The van der Waals surface area contributed by atoms with Crippen LogP contribution in [0.5, 0.6) is 0 Å². The van der Waals surface area contributed by atoms with Gasteiger partial charge in [-0.3, -0.25) is 9.59 Å². The first-order valence-corrected chi connectivity index (χ1v) is 8.88. The second-order valence-corrected chi connectivity index (χ2v) is 5.81. The third kappa shape index (κ3) is 15.3. The topological polar surface area (TPSA) is 43.4 Å². The minimum absolute atomic E-state index is 0.0179. The zero-order valence-corrected chi connectivity index (χ0v) is 14.1. The standard InChI is InChI=1S/C18H34O3/c1-3-5-6-7-8-9-10-11-12-13-14-15-17(19)16-18(20)21-4-2/h3-16H2,1-2H3. The minimum Gasteiger partial charge on any atom is -0.466 e. The fraction of sp³-hybridized carbons (Fsp3) is 0.889. The van der Waals surface area contributed by atoms with Crippen LogP contribution in [-0.4, -0.2) is 18.4 Å². The number of esters is 1. The molecule has 3 heteroatoms. The van der Waals surface area contributed by atoms with Crippen LogP contribution in [0.2, 0.25) is 0 Å². The quantitative estimate of drug-likeness (QED) is 0.237. The predicted molar refractivity (Wildman–Crippen MR) is 87.3 cm³/mol. The molecule has 0 rings (SSSR count). The SMILES string of the molecule is CCCCCCCCCCCCCC(=O)CC(=O)OCC. The Hall–Kier alpha value is -0.860. The van der Waals surface area contributed by atoms with Gasteiger partial charge in [0.15, 0.2) is 0 Å². The van der Waals surface area contributed by atoms with Crippen molar-refractivity contribution in [2.45, 2.75) is 97.3 Å². The molecule has 0 N–H and O–H groups in total. The molecule has 21 heavy (non-hydrogen) atoms. The van der Waals surface area contributed by atoms with Gasteiger partial charge in [-0.25, -0.2) is 0 Å². The maximum absolute atomic E-state index is 11.5. The molecule has 0 saturated carbocycles. The monoisotopic (exact) mass is 298 g/mol. The molecule has 0 amide bonds. The highest BCUT2D eigenvalue weighted by molar-refractivity contribution is 5.95. The molecule has 3 nitrogen and oxygen atoms in total. The number of unbranched alkanes of at least 4 members (excludes halogenated alkanes) is 10. The second kappa shape index (κ2) is 15.5. The maximum atomic E-state index is 11.5. The second-order valence-electron chi connectivity index (χ2n) is 5.81. The molecule has 124 valence electrons. The molecule has 0 aromatic heterocycles. The molecule has 0 aliphatic carbocycles. The molecular formula is C18H34O3. The van der Waals surface area contributed by atoms with Gasteiger partial charge >= 0.3 is 5.97 Å². The lowest BCUT2D eigenvalue weighted by Crippen LogP contribution is -2.10. The summed E-state index contributed by atoms with van der Waals surface area (Å²) in [6, 6.07) is 0. The van der Waals surface area contributed by atoms with Crippen molar-refractivity contribution in [3.8, 4) is 0 Å². The van der Waals surface area contributed by atoms with Gasteiger partial charge in [0.25, 0.3) is 0 Å². The van der Waals surface area contributed by atoms with Gasteiger partial charge < -0.3 is 4.74 Å². The lowest BCUT2D eigenvalue weighted by molar-refractivity contribution is -0.145. The number of carbonyl (C=O) groups is 2. The Morgan fingerprint density at radius 2 is 1.19 bits per heavy atom. The van der Waals surface area contributed by atoms with Crippen molar-refractivity contribution in [2.75, 3.05) is 6.61 Å². The number of hydrogen-bond acceptors (Lipinski definition) is 3. The first kappa shape index (κ1) is 20.1. The predicted octanol–water partition coefficient (Wildman–Crippen LogP) is 5.21. The van der Waals surface area contributed by atoms with Crippen LogP contribution in [0.15, 0.2) is 0 Å². The molecule has 0 heterocycles. The zero-order chi connectivity index (χ0) is 15.8. The van der Waals surface area contributed by atoms with E-state index in [2.05, 4.69) is 6.92 Å². The van der Waals surface area contributed by atoms with Crippen LogP contribution < -0.4 is 0 Å². The summed E-state index contributed by atoms with van der Waals surface area (Å²) < 4.78 is 4.76. The molecule has 0 aromatic carbocycles. The van der Waals surface area contributed by atoms with Crippen LogP contribution in [-0.2, 0) is 14.3 Å². The molecule has 0 aromatic rings. The summed E-state index contributed by atoms with van der Waals surface area (Å²) in [4.78, 5) is 22.6. The normalized spacial score (nSPS) is 10.6. The lowest BCUT2D eigenvalue weighted by Gasteiger charge is -2.03. The van der Waals surface area contributed by atoms with Crippen molar-refractivity contribution in [3.63, 3.8) is 0 Å². The number of Topliss-reactive ketones (excluding diaryl/α,β-unsaturated/α-hetero) is 1. The summed E-state index contributed by atoms with van der Waals surface area (Å²) >= 11 is 0. The highest BCUT2D eigenvalue weighted by atomic mass is 16.5. The molecule has 0 bridgehead atoms. The highest BCUT2D eigenvalue weighted by Crippen LogP contribution is 2.12. The van der Waals surface area contributed by atoms with Gasteiger partial charge in [0.05, 0.1) is 6.61 Å². The van der Waals surface area contributed by atoms with Gasteiger partial charge in [-0.2, -0.15) is 0 Å². The van der Waals surface area contributed by atoms with E-state index in [1.807, 2.05) is 0 Å². The van der Waals surface area contributed by atoms with Crippen LogP contribution >= 0.6 is 0 Å². The number of carbonyl (C=O) groups excluding carboxylic acids is 2. The molecule has 0 unspecified atom stereocenters. The Morgan fingerprint density at radius 1 is 0.714 bits per heavy atom. The van der Waals surface area contributed by atoms with Crippen LogP contribution in [0.4, 0.5) is 0 Å². The zero-order valence-electron chi connectivity index (χ0n) is 14.1. The Morgan fingerprint density at radius 3 is 1.67 bits per heavy atom. The molecule has 0 spiro atoms. The van der Waals surface area contributed by atoms with Gasteiger partial charge in [0.2, 0.25) is 0 Å². The first-order valence-electron chi connectivity index (χ1n) is 8.88. The Bertz CT molecular complexity index is 261. The average molecular weight is 298 g/mol.